The van der Waals surface area contributed by atoms with E-state index in [1.165, 1.54) is 44.4 Å². The number of ether oxygens (including phenoxy) is 3. The first-order valence-corrected chi connectivity index (χ1v) is 22.0. The van der Waals surface area contributed by atoms with E-state index in [1.807, 2.05) is 12.2 Å². The third-order valence-electron chi connectivity index (χ3n) is 9.45. The Hall–Kier alpha value is -2.51. The second kappa shape index (κ2) is 22.6. The van der Waals surface area contributed by atoms with E-state index in [4.69, 9.17) is 30.2 Å². The van der Waals surface area contributed by atoms with Gasteiger partial charge in [0.2, 0.25) is 11.8 Å². The molecule has 1 N–H and O–H groups in total. The Morgan fingerprint density at radius 1 is 1.04 bits per heavy atom. The number of nitrogens with zero attached hydrogens (tertiary/aromatic N) is 2. The van der Waals surface area contributed by atoms with Gasteiger partial charge < -0.3 is 23.7 Å². The summed E-state index contributed by atoms with van der Waals surface area (Å²) >= 11 is 6.14. The molecule has 0 aromatic carbocycles. The fourth-order valence-corrected chi connectivity index (χ4v) is 6.49. The number of halogens is 1. The number of carbonyl (C=O) groups excluding carboxylic acids is 4. The molecular formula is C39H67ClN2O9Si. The molecule has 1 aliphatic rings. The Kier molecular flexibility index (Phi) is 20.7. The van der Waals surface area contributed by atoms with Gasteiger partial charge in [0.25, 0.3) is 5.91 Å². The summed E-state index contributed by atoms with van der Waals surface area (Å²) in [6.07, 6.45) is 10.8. The lowest BCUT2D eigenvalue weighted by Crippen LogP contribution is -2.48. The van der Waals surface area contributed by atoms with Crippen LogP contribution in [0.1, 0.15) is 119 Å². The van der Waals surface area contributed by atoms with Gasteiger partial charge in [0, 0.05) is 25.1 Å². The van der Waals surface area contributed by atoms with Crippen LogP contribution in [0.15, 0.2) is 35.1 Å². The van der Waals surface area contributed by atoms with Crippen LogP contribution in [-0.4, -0.2) is 98.3 Å². The summed E-state index contributed by atoms with van der Waals surface area (Å²) in [6.45, 7) is 17.6. The molecule has 1 heterocycles. The molecule has 0 saturated heterocycles. The van der Waals surface area contributed by atoms with Crippen LogP contribution >= 0.6 is 11.6 Å². The lowest BCUT2D eigenvalue weighted by Gasteiger charge is -2.38. The maximum atomic E-state index is 13.5. The number of methoxy groups -OCH3 is 2. The van der Waals surface area contributed by atoms with Gasteiger partial charge in [0.05, 0.1) is 38.9 Å². The summed E-state index contributed by atoms with van der Waals surface area (Å²) in [7, 11) is 0.925. The minimum Gasteiger partial charge on any atom is -0.499 e. The van der Waals surface area contributed by atoms with Gasteiger partial charge in [-0.05, 0) is 70.2 Å². The van der Waals surface area contributed by atoms with Crippen LogP contribution in [-0.2, 0) is 33.0 Å². The van der Waals surface area contributed by atoms with Gasteiger partial charge in [-0.1, -0.05) is 83.6 Å². The molecule has 1 aliphatic heterocycles. The standard InChI is InChI=1S/C39H67ClN2O9Si/c1-12-13-14-15-17-20-31(48-8)21-18-16-19-22-34(44)41(37(47)51-38(2,3)4)27-29(26-40)23-30(43)24-35(45)42-32(33(49-9)25-36(42)46)28-50-52(10,11)39(5,6)7/h16,18,25-26,30-32,43H,12-15,17,19-24,27-28H2,1-11H3/b18-16+,29-26-/t30?,31-,32+/m0/s1. The molecule has 0 aliphatic carbocycles. The first-order valence-electron chi connectivity index (χ1n) is 18.6. The van der Waals surface area contributed by atoms with Gasteiger partial charge in [0.1, 0.15) is 17.4 Å². The maximum Gasteiger partial charge on any atom is 0.417 e. The smallest absolute Gasteiger partial charge is 0.417 e. The molecule has 0 aromatic heterocycles. The zero-order chi connectivity index (χ0) is 39.7. The van der Waals surface area contributed by atoms with Crippen molar-refractivity contribution in [1.29, 1.82) is 0 Å². The number of allylic oxidation sites excluding steroid dienone is 1. The number of imide groups is 2. The average molecular weight is 772 g/mol. The van der Waals surface area contributed by atoms with Crippen LogP contribution in [0.5, 0.6) is 0 Å². The van der Waals surface area contributed by atoms with Crippen LogP contribution in [0.4, 0.5) is 4.79 Å². The number of carbonyl (C=O) groups is 4. The first-order chi connectivity index (χ1) is 24.2. The molecule has 0 spiro atoms. The second-order valence-electron chi connectivity index (χ2n) is 16.0. The zero-order valence-corrected chi connectivity index (χ0v) is 35.5. The molecule has 0 fully saturated rings. The molecule has 4 amide bonds. The Morgan fingerprint density at radius 2 is 1.69 bits per heavy atom. The molecule has 0 bridgehead atoms. The summed E-state index contributed by atoms with van der Waals surface area (Å²) < 4.78 is 22.9. The van der Waals surface area contributed by atoms with Crippen molar-refractivity contribution in [2.45, 2.75) is 161 Å². The normalized spacial score (nSPS) is 17.0. The van der Waals surface area contributed by atoms with E-state index in [1.54, 1.807) is 27.9 Å². The van der Waals surface area contributed by atoms with Crippen LogP contribution in [0.2, 0.25) is 18.1 Å². The van der Waals surface area contributed by atoms with Gasteiger partial charge in [-0.15, -0.1) is 0 Å². The summed E-state index contributed by atoms with van der Waals surface area (Å²) in [5, 5.41) is 10.9. The van der Waals surface area contributed by atoms with E-state index < -0.39 is 56.3 Å². The van der Waals surface area contributed by atoms with E-state index in [2.05, 4.69) is 40.8 Å². The summed E-state index contributed by atoms with van der Waals surface area (Å²) in [5.74, 6) is -1.32. The van der Waals surface area contributed by atoms with Gasteiger partial charge in [-0.3, -0.25) is 19.3 Å². The summed E-state index contributed by atoms with van der Waals surface area (Å²) in [6, 6.07) is -0.764. The van der Waals surface area contributed by atoms with Gasteiger partial charge in [0.15, 0.2) is 8.32 Å². The van der Waals surface area contributed by atoms with Gasteiger partial charge >= 0.3 is 6.09 Å². The van der Waals surface area contributed by atoms with Crippen molar-refractivity contribution in [1.82, 2.24) is 9.80 Å². The average Bonchev–Trinajstić information content (AvgIpc) is 3.37. The number of rotatable bonds is 22. The summed E-state index contributed by atoms with van der Waals surface area (Å²) in [4.78, 5) is 55.0. The number of amides is 4. The quantitative estimate of drug-likeness (QED) is 0.0655. The van der Waals surface area contributed by atoms with Crippen molar-refractivity contribution in [2.75, 3.05) is 27.4 Å². The van der Waals surface area contributed by atoms with Crippen molar-refractivity contribution in [3.63, 3.8) is 0 Å². The molecule has 13 heteroatoms. The minimum atomic E-state index is -2.22. The van der Waals surface area contributed by atoms with Crippen molar-refractivity contribution in [3.05, 3.63) is 35.1 Å². The highest BCUT2D eigenvalue weighted by molar-refractivity contribution is 6.74. The molecule has 0 aromatic rings. The fourth-order valence-electron chi connectivity index (χ4n) is 5.33. The lowest BCUT2D eigenvalue weighted by atomic mass is 10.0. The van der Waals surface area contributed by atoms with Gasteiger partial charge in [-0.2, -0.15) is 0 Å². The van der Waals surface area contributed by atoms with Crippen molar-refractivity contribution in [2.24, 2.45) is 0 Å². The Morgan fingerprint density at radius 3 is 2.25 bits per heavy atom. The van der Waals surface area contributed by atoms with Crippen LogP contribution in [0.3, 0.4) is 0 Å². The third-order valence-corrected chi connectivity index (χ3v) is 14.3. The van der Waals surface area contributed by atoms with Gasteiger partial charge in [-0.25, -0.2) is 9.69 Å². The van der Waals surface area contributed by atoms with Crippen molar-refractivity contribution >= 4 is 43.7 Å². The number of unbranched alkanes of at least 4 members (excludes halogenated alkanes) is 4. The Bertz CT molecular complexity index is 1250. The number of hydrogen-bond donors (Lipinski definition) is 1. The Balaban J connectivity index is 2.93. The molecular weight excluding hydrogens is 704 g/mol. The first kappa shape index (κ1) is 47.5. The lowest BCUT2D eigenvalue weighted by molar-refractivity contribution is -0.145. The molecule has 1 rings (SSSR count). The summed E-state index contributed by atoms with van der Waals surface area (Å²) in [5.41, 5.74) is 0.660. The number of hydrogen-bond acceptors (Lipinski definition) is 9. The number of aliphatic hydroxyl groups excluding tert-OH is 1. The SMILES string of the molecule is CCCCCCC[C@@H](C/C=C/CCC(=O)N(C/C(=C\Cl)CC(O)CC(=O)N1C(=O)C=C(OC)[C@H]1CO[Si](C)(C)C(C)(C)C)C(=O)OC(C)(C)C)OC. The minimum absolute atomic E-state index is 0.0469. The van der Waals surface area contributed by atoms with Crippen molar-refractivity contribution < 1.29 is 42.9 Å². The highest BCUT2D eigenvalue weighted by Gasteiger charge is 2.43. The maximum absolute atomic E-state index is 13.5. The topological polar surface area (TPSA) is 132 Å². The predicted molar refractivity (Wildman–Crippen MR) is 208 cm³/mol. The van der Waals surface area contributed by atoms with E-state index in [9.17, 15) is 24.3 Å². The highest BCUT2D eigenvalue weighted by Crippen LogP contribution is 2.37. The molecule has 52 heavy (non-hydrogen) atoms. The highest BCUT2D eigenvalue weighted by atomic mass is 35.5. The van der Waals surface area contributed by atoms with E-state index in [-0.39, 0.29) is 37.1 Å². The van der Waals surface area contributed by atoms with Crippen molar-refractivity contribution in [3.8, 4) is 0 Å². The zero-order valence-electron chi connectivity index (χ0n) is 33.7. The largest absolute Gasteiger partial charge is 0.499 e. The molecule has 0 radical (unpaired) electrons. The Labute approximate surface area is 319 Å². The fraction of sp³-hybridized carbons (Fsp3) is 0.744. The molecule has 1 unspecified atom stereocenters. The van der Waals surface area contributed by atoms with Crippen LogP contribution in [0.25, 0.3) is 0 Å². The monoisotopic (exact) mass is 770 g/mol. The molecule has 298 valence electrons. The van der Waals surface area contributed by atoms with Crippen LogP contribution in [0, 0.1) is 0 Å². The van der Waals surface area contributed by atoms with E-state index >= 15 is 0 Å². The number of aliphatic hydroxyl groups is 1. The van der Waals surface area contributed by atoms with E-state index in [0.29, 0.717) is 17.8 Å². The molecule has 0 saturated carbocycles. The van der Waals surface area contributed by atoms with E-state index in [0.717, 1.165) is 29.1 Å². The molecule has 11 nitrogen and oxygen atoms in total. The predicted octanol–water partition coefficient (Wildman–Crippen LogP) is 8.41. The second-order valence-corrected chi connectivity index (χ2v) is 21.1. The third kappa shape index (κ3) is 16.7. The molecule has 3 atom stereocenters. The van der Waals surface area contributed by atoms with Crippen LogP contribution < -0.4 is 0 Å².